The first-order valence-corrected chi connectivity index (χ1v) is 9.24. The Morgan fingerprint density at radius 2 is 1.18 bits per heavy atom. The Balaban J connectivity index is 1.78. The normalized spacial score (nSPS) is 22.9. The summed E-state index contributed by atoms with van der Waals surface area (Å²) in [6.45, 7) is 0. The van der Waals surface area contributed by atoms with Gasteiger partial charge in [0.1, 0.15) is 0 Å². The van der Waals surface area contributed by atoms with Crippen molar-refractivity contribution in [1.29, 1.82) is 0 Å². The summed E-state index contributed by atoms with van der Waals surface area (Å²) in [7, 11) is 1.36. The van der Waals surface area contributed by atoms with Crippen molar-refractivity contribution in [3.8, 4) is 0 Å². The summed E-state index contributed by atoms with van der Waals surface area (Å²) >= 11 is 0. The van der Waals surface area contributed by atoms with Gasteiger partial charge in [-0.1, -0.05) is 78.9 Å². The topological polar surface area (TPSA) is 55.4 Å². The van der Waals surface area contributed by atoms with Gasteiger partial charge >= 0.3 is 5.97 Å². The number of carbonyl (C=O) groups excluding carboxylic acids is 2. The van der Waals surface area contributed by atoms with Crippen molar-refractivity contribution in [3.05, 3.63) is 108 Å². The summed E-state index contributed by atoms with van der Waals surface area (Å²) in [4.78, 5) is 25.9. The lowest BCUT2D eigenvalue weighted by Crippen LogP contribution is -2.46. The highest BCUT2D eigenvalue weighted by Gasteiger charge is 2.72. The van der Waals surface area contributed by atoms with Crippen LogP contribution in [0.4, 0.5) is 0 Å². The smallest absolute Gasteiger partial charge is 0.332 e. The van der Waals surface area contributed by atoms with E-state index in [9.17, 15) is 9.59 Å². The lowest BCUT2D eigenvalue weighted by Gasteiger charge is -2.18. The molecular formula is C24H21NO3. The molecule has 0 saturated heterocycles. The Bertz CT molecular complexity index is 925. The number of esters is 1. The molecule has 0 spiro atoms. The van der Waals surface area contributed by atoms with Gasteiger partial charge in [-0.3, -0.25) is 4.79 Å². The summed E-state index contributed by atoms with van der Waals surface area (Å²) in [5.74, 6) is -1.11. The molecule has 3 aromatic rings. The maximum absolute atomic E-state index is 13.0. The molecule has 3 aromatic carbocycles. The molecule has 1 saturated carbocycles. The monoisotopic (exact) mass is 371 g/mol. The van der Waals surface area contributed by atoms with E-state index in [0.29, 0.717) is 5.56 Å². The van der Waals surface area contributed by atoms with Gasteiger partial charge in [-0.25, -0.2) is 4.79 Å². The first-order valence-electron chi connectivity index (χ1n) is 9.24. The van der Waals surface area contributed by atoms with Crippen LogP contribution in [0.25, 0.3) is 0 Å². The SMILES string of the molecule is COC(=O)C1(NC(=O)c2ccccc2)[C@@H](c2ccccc2)[C@@H]1c1ccccc1. The Morgan fingerprint density at radius 1 is 0.750 bits per heavy atom. The van der Waals surface area contributed by atoms with Crippen LogP contribution >= 0.6 is 0 Å². The van der Waals surface area contributed by atoms with E-state index in [1.165, 1.54) is 7.11 Å². The van der Waals surface area contributed by atoms with E-state index in [2.05, 4.69) is 5.32 Å². The van der Waals surface area contributed by atoms with Crippen LogP contribution in [-0.4, -0.2) is 24.5 Å². The third-order valence-corrected chi connectivity index (χ3v) is 5.40. The lowest BCUT2D eigenvalue weighted by atomic mass is 10.0. The lowest BCUT2D eigenvalue weighted by molar-refractivity contribution is -0.144. The molecule has 4 rings (SSSR count). The largest absolute Gasteiger partial charge is 0.467 e. The number of hydrogen-bond acceptors (Lipinski definition) is 3. The molecule has 0 radical (unpaired) electrons. The number of nitrogens with one attached hydrogen (secondary N) is 1. The minimum absolute atomic E-state index is 0.198. The molecule has 0 aromatic heterocycles. The van der Waals surface area contributed by atoms with Crippen LogP contribution in [0.2, 0.25) is 0 Å². The summed E-state index contributed by atoms with van der Waals surface area (Å²) in [5.41, 5.74) is 1.37. The molecule has 1 aliphatic rings. The molecule has 1 amide bonds. The standard InChI is InChI=1S/C24H21NO3/c1-28-23(27)24(25-22(26)19-15-9-4-10-16-19)20(17-11-5-2-6-12-17)21(24)18-13-7-3-8-14-18/h2-16,20-21H,1H3,(H,25,26)/t20-,21-/m0/s1. The van der Waals surface area contributed by atoms with Crippen LogP contribution in [0, 0.1) is 0 Å². The minimum Gasteiger partial charge on any atom is -0.467 e. The van der Waals surface area contributed by atoms with E-state index in [4.69, 9.17) is 4.74 Å². The summed E-state index contributed by atoms with van der Waals surface area (Å²) in [6.07, 6.45) is 0. The Kier molecular flexibility index (Phi) is 4.70. The van der Waals surface area contributed by atoms with Crippen LogP contribution in [-0.2, 0) is 9.53 Å². The van der Waals surface area contributed by atoms with E-state index in [-0.39, 0.29) is 17.7 Å². The van der Waals surface area contributed by atoms with E-state index >= 15 is 0 Å². The predicted octanol–water partition coefficient (Wildman–Crippen LogP) is 3.91. The van der Waals surface area contributed by atoms with Crippen molar-refractivity contribution < 1.29 is 14.3 Å². The van der Waals surface area contributed by atoms with Crippen molar-refractivity contribution in [2.24, 2.45) is 0 Å². The number of methoxy groups -OCH3 is 1. The number of benzene rings is 3. The number of hydrogen-bond donors (Lipinski definition) is 1. The van der Waals surface area contributed by atoms with Gasteiger partial charge in [-0.15, -0.1) is 0 Å². The van der Waals surface area contributed by atoms with Crippen molar-refractivity contribution in [3.63, 3.8) is 0 Å². The number of rotatable bonds is 5. The number of carbonyl (C=O) groups is 2. The van der Waals surface area contributed by atoms with Gasteiger partial charge in [-0.05, 0) is 23.3 Å². The average molecular weight is 371 g/mol. The van der Waals surface area contributed by atoms with Gasteiger partial charge in [0.05, 0.1) is 7.11 Å². The summed E-state index contributed by atoms with van der Waals surface area (Å²) in [5, 5.41) is 3.02. The Morgan fingerprint density at radius 3 is 1.61 bits per heavy atom. The molecule has 0 heterocycles. The fraction of sp³-hybridized carbons (Fsp3) is 0.167. The maximum atomic E-state index is 13.0. The molecule has 28 heavy (non-hydrogen) atoms. The van der Waals surface area contributed by atoms with Gasteiger partial charge < -0.3 is 10.1 Å². The average Bonchev–Trinajstić information content (AvgIpc) is 3.44. The fourth-order valence-electron chi connectivity index (χ4n) is 4.10. The van der Waals surface area contributed by atoms with Crippen LogP contribution in [0.15, 0.2) is 91.0 Å². The molecule has 1 fully saturated rings. The van der Waals surface area contributed by atoms with Gasteiger partial charge in [0.2, 0.25) is 0 Å². The second-order valence-corrected chi connectivity index (χ2v) is 6.96. The number of amides is 1. The van der Waals surface area contributed by atoms with Crippen LogP contribution < -0.4 is 5.32 Å². The minimum atomic E-state index is -1.13. The molecule has 0 bridgehead atoms. The van der Waals surface area contributed by atoms with E-state index in [1.807, 2.05) is 66.7 Å². The third-order valence-electron chi connectivity index (χ3n) is 5.40. The van der Waals surface area contributed by atoms with Gasteiger partial charge in [0.25, 0.3) is 5.91 Å². The van der Waals surface area contributed by atoms with Crippen molar-refractivity contribution in [2.45, 2.75) is 17.4 Å². The third kappa shape index (κ3) is 2.97. The summed E-state index contributed by atoms with van der Waals surface area (Å²) in [6, 6.07) is 28.5. The van der Waals surface area contributed by atoms with Gasteiger partial charge in [0.15, 0.2) is 5.54 Å². The second kappa shape index (κ2) is 7.31. The maximum Gasteiger partial charge on any atom is 0.332 e. The van der Waals surface area contributed by atoms with E-state index in [1.54, 1.807) is 24.3 Å². The zero-order valence-electron chi connectivity index (χ0n) is 15.5. The molecule has 4 heteroatoms. The zero-order chi connectivity index (χ0) is 19.6. The fourth-order valence-corrected chi connectivity index (χ4v) is 4.10. The zero-order valence-corrected chi connectivity index (χ0v) is 15.5. The van der Waals surface area contributed by atoms with Crippen LogP contribution in [0.1, 0.15) is 33.3 Å². The molecule has 1 aliphatic carbocycles. The first kappa shape index (κ1) is 18.0. The predicted molar refractivity (Wildman–Crippen MR) is 107 cm³/mol. The molecule has 140 valence electrons. The van der Waals surface area contributed by atoms with Crippen LogP contribution in [0.5, 0.6) is 0 Å². The Labute approximate surface area is 164 Å². The molecule has 0 aliphatic heterocycles. The van der Waals surface area contributed by atoms with Gasteiger partial charge in [-0.2, -0.15) is 0 Å². The first-order chi connectivity index (χ1) is 13.7. The second-order valence-electron chi connectivity index (χ2n) is 6.96. The van der Waals surface area contributed by atoms with E-state index < -0.39 is 11.5 Å². The quantitative estimate of drug-likeness (QED) is 0.692. The molecule has 0 unspecified atom stereocenters. The highest BCUT2D eigenvalue weighted by atomic mass is 16.5. The molecular weight excluding hydrogens is 350 g/mol. The molecule has 4 nitrogen and oxygen atoms in total. The van der Waals surface area contributed by atoms with Crippen molar-refractivity contribution >= 4 is 11.9 Å². The summed E-state index contributed by atoms with van der Waals surface area (Å²) < 4.78 is 5.16. The number of ether oxygens (including phenoxy) is 1. The highest BCUT2D eigenvalue weighted by molar-refractivity contribution is 6.01. The Hall–Kier alpha value is -3.40. The van der Waals surface area contributed by atoms with Crippen molar-refractivity contribution in [2.75, 3.05) is 7.11 Å². The van der Waals surface area contributed by atoms with E-state index in [0.717, 1.165) is 11.1 Å². The van der Waals surface area contributed by atoms with Crippen molar-refractivity contribution in [1.82, 2.24) is 5.32 Å². The molecule has 2 atom stereocenters. The highest BCUT2D eigenvalue weighted by Crippen LogP contribution is 2.64. The van der Waals surface area contributed by atoms with Gasteiger partial charge in [0, 0.05) is 17.4 Å². The van der Waals surface area contributed by atoms with Crippen LogP contribution in [0.3, 0.4) is 0 Å². The molecule has 1 N–H and O–H groups in total.